The second kappa shape index (κ2) is 4.22. The van der Waals surface area contributed by atoms with Crippen molar-refractivity contribution in [3.63, 3.8) is 0 Å². The second-order valence-electron chi connectivity index (χ2n) is 3.65. The minimum atomic E-state index is 0.133. The van der Waals surface area contributed by atoms with Crippen molar-refractivity contribution < 1.29 is 9.21 Å². The Morgan fingerprint density at radius 2 is 2.43 bits per heavy atom. The summed E-state index contributed by atoms with van der Waals surface area (Å²) in [6, 6.07) is 1.85. The Morgan fingerprint density at radius 3 is 3.00 bits per heavy atom. The van der Waals surface area contributed by atoms with E-state index in [1.54, 1.807) is 18.0 Å². The molecule has 1 fully saturated rings. The summed E-state index contributed by atoms with van der Waals surface area (Å²) in [4.78, 5) is 12.0. The lowest BCUT2D eigenvalue weighted by Gasteiger charge is -2.18. The van der Waals surface area contributed by atoms with Crippen LogP contribution in [-0.4, -0.2) is 16.8 Å². The van der Waals surface area contributed by atoms with Gasteiger partial charge in [0.15, 0.2) is 5.76 Å². The molecule has 1 aromatic heterocycles. The maximum Gasteiger partial charge on any atom is 0.211 e. The molecule has 1 unspecified atom stereocenters. The Kier molecular flexibility index (Phi) is 2.96. The van der Waals surface area contributed by atoms with Crippen LogP contribution in [0.3, 0.4) is 0 Å². The average molecular weight is 210 g/mol. The van der Waals surface area contributed by atoms with Crippen LogP contribution in [0.5, 0.6) is 0 Å². The first-order chi connectivity index (χ1) is 6.79. The summed E-state index contributed by atoms with van der Waals surface area (Å²) in [5, 5.41) is 0.133. The molecule has 0 amide bonds. The second-order valence-corrected chi connectivity index (χ2v) is 4.96. The van der Waals surface area contributed by atoms with Gasteiger partial charge >= 0.3 is 0 Å². The van der Waals surface area contributed by atoms with E-state index in [4.69, 9.17) is 4.42 Å². The molecule has 1 saturated heterocycles. The molecule has 0 saturated carbocycles. The molecule has 14 heavy (non-hydrogen) atoms. The van der Waals surface area contributed by atoms with E-state index in [9.17, 15) is 4.79 Å². The van der Waals surface area contributed by atoms with Crippen LogP contribution < -0.4 is 0 Å². The molecule has 2 rings (SSSR count). The van der Waals surface area contributed by atoms with Gasteiger partial charge in [0.05, 0.1) is 11.5 Å². The van der Waals surface area contributed by atoms with Crippen LogP contribution in [0.25, 0.3) is 0 Å². The molecule has 1 aromatic rings. The van der Waals surface area contributed by atoms with E-state index in [1.165, 1.54) is 12.8 Å². The molecule has 0 spiro atoms. The highest BCUT2D eigenvalue weighted by Gasteiger charge is 2.25. The first-order valence-electron chi connectivity index (χ1n) is 4.99. The maximum atomic E-state index is 12.0. The van der Waals surface area contributed by atoms with E-state index in [1.807, 2.05) is 13.0 Å². The van der Waals surface area contributed by atoms with Crippen molar-refractivity contribution in [2.45, 2.75) is 31.4 Å². The van der Waals surface area contributed by atoms with Gasteiger partial charge in [0.2, 0.25) is 5.78 Å². The van der Waals surface area contributed by atoms with Gasteiger partial charge in [-0.2, -0.15) is 11.8 Å². The van der Waals surface area contributed by atoms with Gasteiger partial charge in [-0.1, -0.05) is 6.42 Å². The SMILES string of the molecule is Cc1ccoc1C(=O)C1CCCCS1. The van der Waals surface area contributed by atoms with Crippen molar-refractivity contribution in [3.05, 3.63) is 23.7 Å². The molecule has 0 aromatic carbocycles. The maximum absolute atomic E-state index is 12.0. The Labute approximate surface area is 88.1 Å². The molecule has 2 nitrogen and oxygen atoms in total. The zero-order chi connectivity index (χ0) is 9.97. The normalized spacial score (nSPS) is 22.2. The highest BCUT2D eigenvalue weighted by molar-refractivity contribution is 8.00. The van der Waals surface area contributed by atoms with E-state index >= 15 is 0 Å². The van der Waals surface area contributed by atoms with Crippen LogP contribution >= 0.6 is 11.8 Å². The van der Waals surface area contributed by atoms with E-state index < -0.39 is 0 Å². The molecule has 0 radical (unpaired) electrons. The number of hydrogen-bond acceptors (Lipinski definition) is 3. The smallest absolute Gasteiger partial charge is 0.211 e. The molecule has 2 heterocycles. The summed E-state index contributed by atoms with van der Waals surface area (Å²) < 4.78 is 5.22. The molecular formula is C11H14O2S. The number of Topliss-reactive ketones (excluding diaryl/α,β-unsaturated/α-hetero) is 1. The third-order valence-electron chi connectivity index (χ3n) is 2.56. The zero-order valence-corrected chi connectivity index (χ0v) is 9.10. The van der Waals surface area contributed by atoms with Crippen LogP contribution in [0.15, 0.2) is 16.7 Å². The fourth-order valence-corrected chi connectivity index (χ4v) is 2.97. The molecular weight excluding hydrogens is 196 g/mol. The average Bonchev–Trinajstić information content (AvgIpc) is 2.65. The van der Waals surface area contributed by atoms with Crippen LogP contribution in [0.4, 0.5) is 0 Å². The number of ketones is 1. The van der Waals surface area contributed by atoms with Crippen molar-refractivity contribution >= 4 is 17.5 Å². The van der Waals surface area contributed by atoms with Crippen molar-refractivity contribution in [2.24, 2.45) is 0 Å². The Hall–Kier alpha value is -0.700. The van der Waals surface area contributed by atoms with Gasteiger partial charge in [0.1, 0.15) is 0 Å². The molecule has 1 atom stereocenters. The standard InChI is InChI=1S/C11H14O2S/c1-8-5-6-13-11(8)10(12)9-4-2-3-7-14-9/h5-6,9H,2-4,7H2,1H3. The molecule has 3 heteroatoms. The van der Waals surface area contributed by atoms with Crippen LogP contribution in [0.2, 0.25) is 0 Å². The van der Waals surface area contributed by atoms with Gasteiger partial charge in [-0.25, -0.2) is 0 Å². The number of aryl methyl sites for hydroxylation is 1. The van der Waals surface area contributed by atoms with Gasteiger partial charge in [0.25, 0.3) is 0 Å². The van der Waals surface area contributed by atoms with Crippen LogP contribution in [0.1, 0.15) is 35.4 Å². The van der Waals surface area contributed by atoms with Crippen molar-refractivity contribution in [2.75, 3.05) is 5.75 Å². The summed E-state index contributed by atoms with van der Waals surface area (Å²) in [5.74, 6) is 1.84. The summed E-state index contributed by atoms with van der Waals surface area (Å²) in [6.45, 7) is 1.92. The third kappa shape index (κ3) is 1.87. The van der Waals surface area contributed by atoms with Crippen molar-refractivity contribution in [1.29, 1.82) is 0 Å². The van der Waals surface area contributed by atoms with E-state index in [2.05, 4.69) is 0 Å². The summed E-state index contributed by atoms with van der Waals surface area (Å²) in [6.07, 6.45) is 5.01. The minimum absolute atomic E-state index is 0.133. The van der Waals surface area contributed by atoms with Gasteiger partial charge in [-0.15, -0.1) is 0 Å². The Bertz CT molecular complexity index is 324. The molecule has 1 aliphatic rings. The molecule has 0 N–H and O–H groups in total. The topological polar surface area (TPSA) is 30.2 Å². The number of carbonyl (C=O) groups excluding carboxylic acids is 1. The van der Waals surface area contributed by atoms with Crippen LogP contribution in [-0.2, 0) is 0 Å². The van der Waals surface area contributed by atoms with Crippen LogP contribution in [0, 0.1) is 6.92 Å². The lowest BCUT2D eigenvalue weighted by atomic mass is 10.1. The number of rotatable bonds is 2. The quantitative estimate of drug-likeness (QED) is 0.703. The van der Waals surface area contributed by atoms with E-state index in [-0.39, 0.29) is 11.0 Å². The predicted molar refractivity (Wildman–Crippen MR) is 57.9 cm³/mol. The number of carbonyl (C=O) groups is 1. The lowest BCUT2D eigenvalue weighted by molar-refractivity contribution is 0.0957. The summed E-state index contributed by atoms with van der Waals surface area (Å²) in [5.41, 5.74) is 0.959. The van der Waals surface area contributed by atoms with Gasteiger partial charge in [0, 0.05) is 0 Å². The van der Waals surface area contributed by atoms with E-state index in [0.717, 1.165) is 17.7 Å². The number of thioether (sulfide) groups is 1. The Morgan fingerprint density at radius 1 is 1.57 bits per heavy atom. The third-order valence-corrected chi connectivity index (χ3v) is 3.93. The highest BCUT2D eigenvalue weighted by atomic mass is 32.2. The van der Waals surface area contributed by atoms with Gasteiger partial charge in [-0.05, 0) is 37.1 Å². The monoisotopic (exact) mass is 210 g/mol. The fourth-order valence-electron chi connectivity index (χ4n) is 1.72. The number of hydrogen-bond donors (Lipinski definition) is 0. The Balaban J connectivity index is 2.11. The van der Waals surface area contributed by atoms with Crippen molar-refractivity contribution in [1.82, 2.24) is 0 Å². The molecule has 0 bridgehead atoms. The highest BCUT2D eigenvalue weighted by Crippen LogP contribution is 2.28. The first-order valence-corrected chi connectivity index (χ1v) is 6.04. The summed E-state index contributed by atoms with van der Waals surface area (Å²) >= 11 is 1.77. The fraction of sp³-hybridized carbons (Fsp3) is 0.545. The molecule has 0 aliphatic carbocycles. The first kappa shape index (κ1) is 9.84. The van der Waals surface area contributed by atoms with Crippen molar-refractivity contribution in [3.8, 4) is 0 Å². The number of furan rings is 1. The minimum Gasteiger partial charge on any atom is -0.461 e. The summed E-state index contributed by atoms with van der Waals surface area (Å²) in [7, 11) is 0. The predicted octanol–water partition coefficient (Wildman–Crippen LogP) is 3.06. The largest absolute Gasteiger partial charge is 0.461 e. The lowest BCUT2D eigenvalue weighted by Crippen LogP contribution is -2.21. The van der Waals surface area contributed by atoms with E-state index in [0.29, 0.717) is 5.76 Å². The molecule has 1 aliphatic heterocycles. The zero-order valence-electron chi connectivity index (χ0n) is 8.29. The molecule has 76 valence electrons. The van der Waals surface area contributed by atoms with Gasteiger partial charge < -0.3 is 4.42 Å². The van der Waals surface area contributed by atoms with Gasteiger partial charge in [-0.3, -0.25) is 4.79 Å².